The van der Waals surface area contributed by atoms with Crippen LogP contribution in [-0.2, 0) is 11.2 Å². The van der Waals surface area contributed by atoms with Crippen LogP contribution in [-0.4, -0.2) is 51.2 Å². The number of halogens is 2. The fourth-order valence-electron chi connectivity index (χ4n) is 3.20. The first-order valence-corrected chi connectivity index (χ1v) is 9.30. The third-order valence-corrected chi connectivity index (χ3v) is 4.55. The van der Waals surface area contributed by atoms with E-state index in [1.807, 2.05) is 19.1 Å². The second-order valence-corrected chi connectivity index (χ2v) is 6.84. The van der Waals surface area contributed by atoms with Crippen molar-refractivity contribution in [1.82, 2.24) is 30.7 Å². The molecule has 1 saturated heterocycles. The Morgan fingerprint density at radius 2 is 2.14 bits per heavy atom. The highest BCUT2D eigenvalue weighted by atomic mass is 19.3. The number of ether oxygens (including phenoxy) is 1. The first-order valence-electron chi connectivity index (χ1n) is 9.30. The summed E-state index contributed by atoms with van der Waals surface area (Å²) in [4.78, 5) is 8.67. The highest BCUT2D eigenvalue weighted by molar-refractivity contribution is 5.63. The molecule has 0 spiro atoms. The molecule has 1 aliphatic rings. The molecule has 10 heteroatoms. The van der Waals surface area contributed by atoms with Gasteiger partial charge in [0.05, 0.1) is 24.1 Å². The van der Waals surface area contributed by atoms with Crippen LogP contribution in [0.15, 0.2) is 30.5 Å². The molecule has 29 heavy (non-hydrogen) atoms. The van der Waals surface area contributed by atoms with E-state index in [0.29, 0.717) is 36.1 Å². The third kappa shape index (κ3) is 4.72. The summed E-state index contributed by atoms with van der Waals surface area (Å²) in [5.41, 5.74) is 2.87. The van der Waals surface area contributed by atoms with Gasteiger partial charge in [-0.3, -0.25) is 0 Å². The number of alkyl halides is 2. The van der Waals surface area contributed by atoms with Crippen LogP contribution in [0.2, 0.25) is 0 Å². The molecule has 4 heterocycles. The lowest BCUT2D eigenvalue weighted by Crippen LogP contribution is -2.39. The van der Waals surface area contributed by atoms with E-state index in [1.165, 1.54) is 18.3 Å². The molecule has 152 valence electrons. The molecule has 1 atom stereocenters. The van der Waals surface area contributed by atoms with Gasteiger partial charge >= 0.3 is 0 Å². The number of aryl methyl sites for hydroxylation is 1. The van der Waals surface area contributed by atoms with Crippen molar-refractivity contribution in [3.8, 4) is 11.4 Å². The summed E-state index contributed by atoms with van der Waals surface area (Å²) in [5.74, 6) is 0.789. The van der Waals surface area contributed by atoms with Gasteiger partial charge < -0.3 is 15.4 Å². The predicted octanol–water partition coefficient (Wildman–Crippen LogP) is 2.78. The average Bonchev–Trinajstić information content (AvgIpc) is 3.16. The minimum atomic E-state index is -2.56. The van der Waals surface area contributed by atoms with Gasteiger partial charge in [0.15, 0.2) is 0 Å². The van der Waals surface area contributed by atoms with Crippen LogP contribution in [0.25, 0.3) is 11.4 Å². The van der Waals surface area contributed by atoms with Gasteiger partial charge in [0.1, 0.15) is 17.3 Å². The summed E-state index contributed by atoms with van der Waals surface area (Å²) >= 11 is 0. The van der Waals surface area contributed by atoms with Crippen molar-refractivity contribution in [2.75, 3.05) is 25.0 Å². The minimum Gasteiger partial charge on any atom is -0.375 e. The monoisotopic (exact) mass is 401 g/mol. The van der Waals surface area contributed by atoms with Crippen molar-refractivity contribution >= 4 is 11.6 Å². The zero-order valence-corrected chi connectivity index (χ0v) is 15.8. The van der Waals surface area contributed by atoms with Crippen LogP contribution in [0, 0.1) is 6.92 Å². The van der Waals surface area contributed by atoms with E-state index in [4.69, 9.17) is 4.74 Å². The van der Waals surface area contributed by atoms with E-state index < -0.39 is 6.43 Å². The molecular weight excluding hydrogens is 380 g/mol. The molecular formula is C19H21F2N7O. The first-order chi connectivity index (χ1) is 14.1. The van der Waals surface area contributed by atoms with E-state index in [1.54, 1.807) is 0 Å². The molecule has 1 fully saturated rings. The molecule has 3 N–H and O–H groups in total. The Morgan fingerprint density at radius 3 is 2.93 bits per heavy atom. The van der Waals surface area contributed by atoms with Crippen LogP contribution in [0.5, 0.6) is 0 Å². The number of aromatic nitrogens is 5. The van der Waals surface area contributed by atoms with E-state index in [2.05, 4.69) is 36.0 Å². The van der Waals surface area contributed by atoms with Crippen molar-refractivity contribution < 1.29 is 13.5 Å². The van der Waals surface area contributed by atoms with Crippen LogP contribution >= 0.6 is 0 Å². The van der Waals surface area contributed by atoms with Gasteiger partial charge in [-0.1, -0.05) is 0 Å². The molecule has 0 aromatic carbocycles. The maximum Gasteiger partial charge on any atom is 0.264 e. The van der Waals surface area contributed by atoms with Gasteiger partial charge in [0.2, 0.25) is 0 Å². The zero-order valence-electron chi connectivity index (χ0n) is 15.8. The Morgan fingerprint density at radius 1 is 1.24 bits per heavy atom. The SMILES string of the molecule is Cc1cc(Nc2cc(C(F)F)ccn2)nc(-c2n[nH]nc2CC2CNCCO2)c1. The average molecular weight is 401 g/mol. The molecule has 0 radical (unpaired) electrons. The third-order valence-electron chi connectivity index (χ3n) is 4.55. The van der Waals surface area contributed by atoms with Gasteiger partial charge in [-0.15, -0.1) is 0 Å². The number of rotatable bonds is 6. The number of nitrogens with one attached hydrogen (secondary N) is 3. The van der Waals surface area contributed by atoms with E-state index in [-0.39, 0.29) is 11.7 Å². The quantitative estimate of drug-likeness (QED) is 0.584. The number of hydrogen-bond donors (Lipinski definition) is 3. The Balaban J connectivity index is 1.58. The van der Waals surface area contributed by atoms with Gasteiger partial charge in [0.25, 0.3) is 6.43 Å². The van der Waals surface area contributed by atoms with E-state index in [0.717, 1.165) is 24.3 Å². The number of anilines is 2. The van der Waals surface area contributed by atoms with Gasteiger partial charge in [-0.2, -0.15) is 15.4 Å². The van der Waals surface area contributed by atoms with Crippen molar-refractivity contribution in [3.63, 3.8) is 0 Å². The minimum absolute atomic E-state index is 0.0243. The molecule has 0 saturated carbocycles. The predicted molar refractivity (Wildman–Crippen MR) is 103 cm³/mol. The highest BCUT2D eigenvalue weighted by Gasteiger charge is 2.20. The molecule has 0 amide bonds. The Hall–Kier alpha value is -2.98. The van der Waals surface area contributed by atoms with E-state index in [9.17, 15) is 8.78 Å². The molecule has 0 aliphatic carbocycles. The van der Waals surface area contributed by atoms with Crippen molar-refractivity contribution in [3.05, 3.63) is 47.3 Å². The van der Waals surface area contributed by atoms with E-state index >= 15 is 0 Å². The number of morpholine rings is 1. The number of nitrogens with zero attached hydrogens (tertiary/aromatic N) is 4. The summed E-state index contributed by atoms with van der Waals surface area (Å²) < 4.78 is 31.6. The largest absolute Gasteiger partial charge is 0.375 e. The number of hydrogen-bond acceptors (Lipinski definition) is 7. The van der Waals surface area contributed by atoms with Crippen molar-refractivity contribution in [2.45, 2.75) is 25.9 Å². The smallest absolute Gasteiger partial charge is 0.264 e. The zero-order chi connectivity index (χ0) is 20.2. The van der Waals surface area contributed by atoms with Crippen LogP contribution in [0.4, 0.5) is 20.4 Å². The molecule has 8 nitrogen and oxygen atoms in total. The van der Waals surface area contributed by atoms with Crippen molar-refractivity contribution in [1.29, 1.82) is 0 Å². The topological polar surface area (TPSA) is 101 Å². The second-order valence-electron chi connectivity index (χ2n) is 6.84. The van der Waals surface area contributed by atoms with Crippen LogP contribution in [0.3, 0.4) is 0 Å². The summed E-state index contributed by atoms with van der Waals surface area (Å²) in [6.07, 6.45) is -0.589. The molecule has 3 aromatic rings. The standard InChI is InChI=1S/C19H21F2N7O/c1-11-6-14(18-15(26-28-27-18)9-13-10-22-4-5-29-13)24-17(7-11)25-16-8-12(19(20)21)2-3-23-16/h2-3,6-8,13,19,22H,4-5,9-10H2,1H3,(H,23,24,25)(H,26,27,28). The van der Waals surface area contributed by atoms with Gasteiger partial charge in [-0.25, -0.2) is 18.7 Å². The maximum atomic E-state index is 12.9. The maximum absolute atomic E-state index is 12.9. The van der Waals surface area contributed by atoms with Gasteiger partial charge in [0, 0.05) is 31.3 Å². The summed E-state index contributed by atoms with van der Waals surface area (Å²) in [6, 6.07) is 6.31. The second kappa shape index (κ2) is 8.58. The van der Waals surface area contributed by atoms with Crippen LogP contribution < -0.4 is 10.6 Å². The lowest BCUT2D eigenvalue weighted by molar-refractivity contribution is 0.0287. The fraction of sp³-hybridized carbons (Fsp3) is 0.368. The molecule has 1 unspecified atom stereocenters. The van der Waals surface area contributed by atoms with Crippen LogP contribution in [0.1, 0.15) is 23.2 Å². The Kier molecular flexibility index (Phi) is 5.72. The molecule has 0 bridgehead atoms. The molecule has 1 aliphatic heterocycles. The fourth-order valence-corrected chi connectivity index (χ4v) is 3.20. The summed E-state index contributed by atoms with van der Waals surface area (Å²) in [7, 11) is 0. The lowest BCUT2D eigenvalue weighted by atomic mass is 10.1. The van der Waals surface area contributed by atoms with Crippen molar-refractivity contribution in [2.24, 2.45) is 0 Å². The summed E-state index contributed by atoms with van der Waals surface area (Å²) in [5, 5.41) is 17.5. The first kappa shape index (κ1) is 19.3. The summed E-state index contributed by atoms with van der Waals surface area (Å²) in [6.45, 7) is 4.19. The number of pyridine rings is 2. The number of H-pyrrole nitrogens is 1. The Bertz CT molecular complexity index is 973. The highest BCUT2D eigenvalue weighted by Crippen LogP contribution is 2.25. The lowest BCUT2D eigenvalue weighted by Gasteiger charge is -2.22. The van der Waals surface area contributed by atoms with Gasteiger partial charge in [-0.05, 0) is 36.8 Å². The molecule has 3 aromatic heterocycles. The number of aromatic amines is 1. The molecule has 4 rings (SSSR count). The Labute approximate surface area is 166 Å². The normalized spacial score (nSPS) is 16.9.